The van der Waals surface area contributed by atoms with Crippen molar-refractivity contribution in [2.24, 2.45) is 16.7 Å². The van der Waals surface area contributed by atoms with Gasteiger partial charge < -0.3 is 0 Å². The zero-order valence-electron chi connectivity index (χ0n) is 8.76. The maximum Gasteiger partial charge on any atom is 0.140 e. The molecule has 1 nitrogen and oxygen atoms in total. The Hall–Kier alpha value is -0.590. The minimum Gasteiger partial charge on any atom is -0.299 e. The van der Waals surface area contributed by atoms with Gasteiger partial charge in [-0.05, 0) is 23.7 Å². The number of carbonyl (C=O) groups excluding carboxylic acids is 1. The SMILES string of the molecule is CC1(C)C=C[C@H]2C(=O)CC[C@@]2(C)C1. The Labute approximate surface area is 80.2 Å². The first-order chi connectivity index (χ1) is 5.93. The number of allylic oxidation sites excluding steroid dienone is 2. The number of ketones is 1. The van der Waals surface area contributed by atoms with Crippen LogP contribution in [0.2, 0.25) is 0 Å². The molecule has 2 atom stereocenters. The molecular weight excluding hydrogens is 160 g/mol. The molecule has 13 heavy (non-hydrogen) atoms. The van der Waals surface area contributed by atoms with Crippen LogP contribution in [0.5, 0.6) is 0 Å². The van der Waals surface area contributed by atoms with Crippen LogP contribution in [0.1, 0.15) is 40.0 Å². The Kier molecular flexibility index (Phi) is 1.70. The molecule has 0 N–H and O–H groups in total. The summed E-state index contributed by atoms with van der Waals surface area (Å²) in [5, 5.41) is 0. The minimum atomic E-state index is 0.223. The predicted molar refractivity (Wildman–Crippen MR) is 53.4 cm³/mol. The van der Waals surface area contributed by atoms with E-state index in [4.69, 9.17) is 0 Å². The van der Waals surface area contributed by atoms with Crippen LogP contribution in [0.15, 0.2) is 12.2 Å². The van der Waals surface area contributed by atoms with Gasteiger partial charge in [0, 0.05) is 12.3 Å². The fourth-order valence-corrected chi connectivity index (χ4v) is 3.10. The van der Waals surface area contributed by atoms with Gasteiger partial charge >= 0.3 is 0 Å². The van der Waals surface area contributed by atoms with Gasteiger partial charge in [0.25, 0.3) is 0 Å². The van der Waals surface area contributed by atoms with Crippen molar-refractivity contribution in [2.75, 3.05) is 0 Å². The standard InChI is InChI=1S/C12H18O/c1-11(2)6-4-9-10(13)5-7-12(9,3)8-11/h4,6,9H,5,7-8H2,1-3H3/t9-,12-/m0/s1. The van der Waals surface area contributed by atoms with Crippen molar-refractivity contribution >= 4 is 5.78 Å². The lowest BCUT2D eigenvalue weighted by Crippen LogP contribution is -2.33. The van der Waals surface area contributed by atoms with Gasteiger partial charge in [0.1, 0.15) is 5.78 Å². The molecule has 2 rings (SSSR count). The van der Waals surface area contributed by atoms with E-state index in [-0.39, 0.29) is 16.7 Å². The molecule has 0 radical (unpaired) electrons. The molecule has 1 fully saturated rings. The van der Waals surface area contributed by atoms with E-state index in [1.807, 2.05) is 0 Å². The van der Waals surface area contributed by atoms with Gasteiger partial charge in [0.2, 0.25) is 0 Å². The molecule has 0 saturated heterocycles. The summed E-state index contributed by atoms with van der Waals surface area (Å²) in [6.07, 6.45) is 7.42. The Bertz CT molecular complexity index is 275. The molecule has 0 spiro atoms. The van der Waals surface area contributed by atoms with Gasteiger partial charge in [-0.2, -0.15) is 0 Å². The average Bonchev–Trinajstić information content (AvgIpc) is 2.24. The molecular formula is C12H18O. The molecule has 0 heterocycles. The third kappa shape index (κ3) is 1.34. The van der Waals surface area contributed by atoms with Crippen molar-refractivity contribution in [1.82, 2.24) is 0 Å². The van der Waals surface area contributed by atoms with Crippen molar-refractivity contribution in [1.29, 1.82) is 0 Å². The van der Waals surface area contributed by atoms with Crippen LogP contribution in [0, 0.1) is 16.7 Å². The fourth-order valence-electron chi connectivity index (χ4n) is 3.10. The summed E-state index contributed by atoms with van der Waals surface area (Å²) in [5.41, 5.74) is 0.547. The van der Waals surface area contributed by atoms with Crippen LogP contribution < -0.4 is 0 Å². The number of hydrogen-bond donors (Lipinski definition) is 0. The molecule has 1 heteroatoms. The average molecular weight is 178 g/mol. The lowest BCUT2D eigenvalue weighted by molar-refractivity contribution is -0.121. The summed E-state index contributed by atoms with van der Waals surface area (Å²) < 4.78 is 0. The second-order valence-electron chi connectivity index (χ2n) is 5.62. The van der Waals surface area contributed by atoms with Crippen LogP contribution in [-0.4, -0.2) is 5.78 Å². The molecule has 0 amide bonds. The summed E-state index contributed by atoms with van der Waals surface area (Å²) in [6, 6.07) is 0. The van der Waals surface area contributed by atoms with Crippen LogP contribution in [0.25, 0.3) is 0 Å². The van der Waals surface area contributed by atoms with Gasteiger partial charge in [-0.1, -0.05) is 32.9 Å². The van der Waals surface area contributed by atoms with E-state index in [0.717, 1.165) is 19.3 Å². The van der Waals surface area contributed by atoms with Crippen LogP contribution in [0.4, 0.5) is 0 Å². The Morgan fingerprint density at radius 1 is 1.38 bits per heavy atom. The summed E-state index contributed by atoms with van der Waals surface area (Å²) in [6.45, 7) is 6.79. The first kappa shape index (κ1) is 8.98. The number of fused-ring (bicyclic) bond motifs is 1. The van der Waals surface area contributed by atoms with Gasteiger partial charge in [0.15, 0.2) is 0 Å². The van der Waals surface area contributed by atoms with Crippen molar-refractivity contribution in [3.63, 3.8) is 0 Å². The third-order valence-electron chi connectivity index (χ3n) is 3.64. The van der Waals surface area contributed by atoms with E-state index >= 15 is 0 Å². The monoisotopic (exact) mass is 178 g/mol. The van der Waals surface area contributed by atoms with Gasteiger partial charge in [-0.3, -0.25) is 4.79 Å². The van der Waals surface area contributed by atoms with Crippen LogP contribution >= 0.6 is 0 Å². The smallest absolute Gasteiger partial charge is 0.140 e. The Balaban J connectivity index is 2.35. The highest BCUT2D eigenvalue weighted by molar-refractivity contribution is 5.86. The zero-order valence-corrected chi connectivity index (χ0v) is 8.76. The molecule has 0 aromatic carbocycles. The van der Waals surface area contributed by atoms with Gasteiger partial charge in [0.05, 0.1) is 0 Å². The topological polar surface area (TPSA) is 17.1 Å². The quantitative estimate of drug-likeness (QED) is 0.521. The van der Waals surface area contributed by atoms with E-state index in [2.05, 4.69) is 32.9 Å². The molecule has 0 aromatic rings. The van der Waals surface area contributed by atoms with E-state index in [1.54, 1.807) is 0 Å². The maximum absolute atomic E-state index is 11.6. The second-order valence-corrected chi connectivity index (χ2v) is 5.62. The highest BCUT2D eigenvalue weighted by Crippen LogP contribution is 2.52. The summed E-state index contributed by atoms with van der Waals surface area (Å²) in [7, 11) is 0. The summed E-state index contributed by atoms with van der Waals surface area (Å²) in [4.78, 5) is 11.6. The van der Waals surface area contributed by atoms with Crippen molar-refractivity contribution in [2.45, 2.75) is 40.0 Å². The van der Waals surface area contributed by atoms with E-state index in [1.165, 1.54) is 0 Å². The van der Waals surface area contributed by atoms with Gasteiger partial charge in [-0.15, -0.1) is 0 Å². The summed E-state index contributed by atoms with van der Waals surface area (Å²) in [5.74, 6) is 0.676. The highest BCUT2D eigenvalue weighted by Gasteiger charge is 2.47. The van der Waals surface area contributed by atoms with Crippen molar-refractivity contribution in [3.05, 3.63) is 12.2 Å². The molecule has 1 saturated carbocycles. The minimum absolute atomic E-state index is 0.223. The first-order valence-corrected chi connectivity index (χ1v) is 5.15. The van der Waals surface area contributed by atoms with E-state index in [0.29, 0.717) is 5.78 Å². The normalized spacial score (nSPS) is 42.1. The third-order valence-corrected chi connectivity index (χ3v) is 3.64. The van der Waals surface area contributed by atoms with E-state index in [9.17, 15) is 4.79 Å². The predicted octanol–water partition coefficient (Wildman–Crippen LogP) is 2.96. The highest BCUT2D eigenvalue weighted by atomic mass is 16.1. The first-order valence-electron chi connectivity index (χ1n) is 5.15. The number of carbonyl (C=O) groups is 1. The Morgan fingerprint density at radius 2 is 2.08 bits per heavy atom. The van der Waals surface area contributed by atoms with Crippen molar-refractivity contribution < 1.29 is 4.79 Å². The van der Waals surface area contributed by atoms with E-state index < -0.39 is 0 Å². The molecule has 0 bridgehead atoms. The molecule has 72 valence electrons. The molecule has 2 aliphatic carbocycles. The number of rotatable bonds is 0. The zero-order chi connectivity index (χ0) is 9.69. The molecule has 0 aromatic heterocycles. The molecule has 0 aliphatic heterocycles. The van der Waals surface area contributed by atoms with Crippen LogP contribution in [-0.2, 0) is 4.79 Å². The lowest BCUT2D eigenvalue weighted by atomic mass is 9.64. The largest absolute Gasteiger partial charge is 0.299 e. The van der Waals surface area contributed by atoms with Crippen molar-refractivity contribution in [3.8, 4) is 0 Å². The number of Topliss-reactive ketones (excluding diaryl/α,β-unsaturated/α-hetero) is 1. The summed E-state index contributed by atoms with van der Waals surface area (Å²) >= 11 is 0. The second kappa shape index (κ2) is 2.46. The fraction of sp³-hybridized carbons (Fsp3) is 0.750. The van der Waals surface area contributed by atoms with Crippen LogP contribution in [0.3, 0.4) is 0 Å². The molecule has 2 aliphatic rings. The lowest BCUT2D eigenvalue weighted by Gasteiger charge is -2.40. The Morgan fingerprint density at radius 3 is 2.77 bits per heavy atom. The number of hydrogen-bond acceptors (Lipinski definition) is 1. The van der Waals surface area contributed by atoms with Gasteiger partial charge in [-0.25, -0.2) is 0 Å². The maximum atomic E-state index is 11.6. The molecule has 0 unspecified atom stereocenters.